The molecule has 4 heteroatoms. The molecule has 1 saturated carbocycles. The van der Waals surface area contributed by atoms with Gasteiger partial charge in [-0.1, -0.05) is 33.1 Å². The molecule has 1 heterocycles. The number of ether oxygens (including phenoxy) is 1. The number of carbonyl (C=O) groups excluding carboxylic acids is 1. The van der Waals surface area contributed by atoms with Gasteiger partial charge in [0.2, 0.25) is 0 Å². The largest absolute Gasteiger partial charge is 0.383 e. The van der Waals surface area contributed by atoms with Crippen LogP contribution in [0.4, 0.5) is 0 Å². The van der Waals surface area contributed by atoms with Crippen LogP contribution < -0.4 is 0 Å². The van der Waals surface area contributed by atoms with Crippen molar-refractivity contribution in [3.63, 3.8) is 0 Å². The van der Waals surface area contributed by atoms with E-state index in [0.717, 1.165) is 38.4 Å². The molecule has 0 amide bonds. The lowest BCUT2D eigenvalue weighted by atomic mass is 9.74. The number of allylic oxidation sites excluding steroid dienone is 1. The molecule has 1 aliphatic heterocycles. The number of ketones is 1. The van der Waals surface area contributed by atoms with E-state index in [1.165, 1.54) is 37.8 Å². The summed E-state index contributed by atoms with van der Waals surface area (Å²) >= 11 is 0. The van der Waals surface area contributed by atoms with Crippen LogP contribution in [0.15, 0.2) is 11.3 Å². The summed E-state index contributed by atoms with van der Waals surface area (Å²) in [5, 5.41) is 0. The number of nitrogens with zero attached hydrogens (tertiary/aromatic N) is 2. The molecule has 0 spiro atoms. The van der Waals surface area contributed by atoms with Gasteiger partial charge in [0.25, 0.3) is 0 Å². The zero-order valence-electron chi connectivity index (χ0n) is 15.1. The van der Waals surface area contributed by atoms with Crippen LogP contribution in [0, 0.1) is 5.41 Å². The highest BCUT2D eigenvalue weighted by Gasteiger charge is 2.40. The van der Waals surface area contributed by atoms with Gasteiger partial charge in [-0.3, -0.25) is 9.69 Å². The lowest BCUT2D eigenvalue weighted by Gasteiger charge is -2.48. The van der Waals surface area contributed by atoms with Gasteiger partial charge in [0.05, 0.1) is 13.3 Å². The van der Waals surface area contributed by atoms with E-state index >= 15 is 0 Å². The summed E-state index contributed by atoms with van der Waals surface area (Å²) in [4.78, 5) is 17.7. The molecular weight excluding hydrogens is 288 g/mol. The summed E-state index contributed by atoms with van der Waals surface area (Å²) in [5.74, 6) is 0.374. The number of hydrogen-bond donors (Lipinski definition) is 0. The standard InChI is InChI=1S/C19H32N2O2/c1-19(2)11-17-16(18(22)12-19)13-20(9-10-23-3)14-21(17)15-7-5-4-6-8-15/h15H,4-14H2,1-3H3. The molecular formula is C19H32N2O2. The molecule has 0 aromatic heterocycles. The van der Waals surface area contributed by atoms with Crippen LogP contribution in [0.5, 0.6) is 0 Å². The fourth-order valence-electron chi connectivity index (χ4n) is 4.45. The Hall–Kier alpha value is -0.870. The monoisotopic (exact) mass is 320 g/mol. The van der Waals surface area contributed by atoms with Crippen LogP contribution in [0.25, 0.3) is 0 Å². The van der Waals surface area contributed by atoms with Crippen LogP contribution in [-0.2, 0) is 9.53 Å². The summed E-state index contributed by atoms with van der Waals surface area (Å²) in [6, 6.07) is 0.626. The first-order valence-corrected chi connectivity index (χ1v) is 9.23. The molecule has 3 rings (SSSR count). The van der Waals surface area contributed by atoms with Crippen LogP contribution in [-0.4, -0.2) is 55.1 Å². The summed E-state index contributed by atoms with van der Waals surface area (Å²) in [7, 11) is 1.75. The molecule has 0 N–H and O–H groups in total. The van der Waals surface area contributed by atoms with Crippen LogP contribution in [0.2, 0.25) is 0 Å². The summed E-state index contributed by atoms with van der Waals surface area (Å²) < 4.78 is 5.26. The number of rotatable bonds is 4. The first-order valence-electron chi connectivity index (χ1n) is 9.23. The second-order valence-electron chi connectivity index (χ2n) is 8.31. The van der Waals surface area contributed by atoms with E-state index in [2.05, 4.69) is 23.6 Å². The Bertz CT molecular complexity index is 478. The highest BCUT2D eigenvalue weighted by molar-refractivity contribution is 5.98. The van der Waals surface area contributed by atoms with E-state index in [-0.39, 0.29) is 5.41 Å². The maximum Gasteiger partial charge on any atom is 0.162 e. The van der Waals surface area contributed by atoms with Crippen molar-refractivity contribution in [1.29, 1.82) is 0 Å². The normalized spacial score (nSPS) is 26.6. The van der Waals surface area contributed by atoms with Crippen molar-refractivity contribution in [2.24, 2.45) is 5.41 Å². The van der Waals surface area contributed by atoms with Gasteiger partial charge in [-0.05, 0) is 24.7 Å². The quantitative estimate of drug-likeness (QED) is 0.796. The second-order valence-corrected chi connectivity index (χ2v) is 8.31. The Balaban J connectivity index is 1.86. The summed E-state index contributed by atoms with van der Waals surface area (Å²) in [6.07, 6.45) is 8.35. The Kier molecular flexibility index (Phi) is 5.12. The predicted molar refractivity (Wildman–Crippen MR) is 92.1 cm³/mol. The Morgan fingerprint density at radius 1 is 1.17 bits per heavy atom. The second kappa shape index (κ2) is 6.94. The third-order valence-electron chi connectivity index (χ3n) is 5.68. The van der Waals surface area contributed by atoms with E-state index in [9.17, 15) is 4.79 Å². The maximum atomic E-state index is 12.7. The van der Waals surface area contributed by atoms with Crippen molar-refractivity contribution in [1.82, 2.24) is 9.80 Å². The van der Waals surface area contributed by atoms with Crippen molar-refractivity contribution >= 4 is 5.78 Å². The van der Waals surface area contributed by atoms with Crippen LogP contribution >= 0.6 is 0 Å². The molecule has 0 saturated heterocycles. The van der Waals surface area contributed by atoms with E-state index in [1.54, 1.807) is 7.11 Å². The van der Waals surface area contributed by atoms with Gasteiger partial charge in [-0.15, -0.1) is 0 Å². The van der Waals surface area contributed by atoms with Gasteiger partial charge in [0.1, 0.15) is 0 Å². The van der Waals surface area contributed by atoms with Crippen molar-refractivity contribution in [2.75, 3.05) is 33.5 Å². The van der Waals surface area contributed by atoms with E-state index in [0.29, 0.717) is 18.2 Å². The highest BCUT2D eigenvalue weighted by Crippen LogP contribution is 2.42. The van der Waals surface area contributed by atoms with Gasteiger partial charge in [-0.2, -0.15) is 0 Å². The highest BCUT2D eigenvalue weighted by atomic mass is 16.5. The minimum absolute atomic E-state index is 0.109. The lowest BCUT2D eigenvalue weighted by Crippen LogP contribution is -2.52. The first kappa shape index (κ1) is 17.0. The van der Waals surface area contributed by atoms with Gasteiger partial charge in [0.15, 0.2) is 5.78 Å². The van der Waals surface area contributed by atoms with Crippen molar-refractivity contribution in [3.05, 3.63) is 11.3 Å². The van der Waals surface area contributed by atoms with Gasteiger partial charge in [0, 0.05) is 43.9 Å². The fraction of sp³-hybridized carbons (Fsp3) is 0.842. The molecule has 0 radical (unpaired) electrons. The third kappa shape index (κ3) is 3.80. The van der Waals surface area contributed by atoms with E-state index in [1.807, 2.05) is 0 Å². The molecule has 0 unspecified atom stereocenters. The summed E-state index contributed by atoms with van der Waals surface area (Å²) in [6.45, 7) is 7.91. The SMILES string of the molecule is COCCN1CC2=C(CC(C)(C)CC2=O)N(C2CCCCC2)C1. The zero-order chi connectivity index (χ0) is 16.4. The smallest absolute Gasteiger partial charge is 0.162 e. The average Bonchev–Trinajstić information content (AvgIpc) is 2.52. The molecule has 2 aliphatic carbocycles. The minimum atomic E-state index is 0.109. The fourth-order valence-corrected chi connectivity index (χ4v) is 4.45. The van der Waals surface area contributed by atoms with Gasteiger partial charge >= 0.3 is 0 Å². The van der Waals surface area contributed by atoms with Crippen molar-refractivity contribution in [3.8, 4) is 0 Å². The maximum absolute atomic E-state index is 12.7. The lowest BCUT2D eigenvalue weighted by molar-refractivity contribution is -0.119. The van der Waals surface area contributed by atoms with E-state index < -0.39 is 0 Å². The Morgan fingerprint density at radius 3 is 2.61 bits per heavy atom. The Morgan fingerprint density at radius 2 is 1.91 bits per heavy atom. The van der Waals surface area contributed by atoms with E-state index in [4.69, 9.17) is 4.74 Å². The van der Waals surface area contributed by atoms with Crippen molar-refractivity contribution < 1.29 is 9.53 Å². The minimum Gasteiger partial charge on any atom is -0.383 e. The van der Waals surface area contributed by atoms with Gasteiger partial charge < -0.3 is 9.64 Å². The molecule has 0 atom stereocenters. The van der Waals surface area contributed by atoms with Crippen molar-refractivity contribution in [2.45, 2.75) is 64.8 Å². The number of carbonyl (C=O) groups is 1. The van der Waals surface area contributed by atoms with Crippen LogP contribution in [0.3, 0.4) is 0 Å². The van der Waals surface area contributed by atoms with Gasteiger partial charge in [-0.25, -0.2) is 0 Å². The molecule has 1 fully saturated rings. The molecule has 3 aliphatic rings. The average molecular weight is 320 g/mol. The topological polar surface area (TPSA) is 32.8 Å². The number of hydrogen-bond acceptors (Lipinski definition) is 4. The molecule has 4 nitrogen and oxygen atoms in total. The number of Topliss-reactive ketones (excluding diaryl/α,β-unsaturated/α-hetero) is 1. The summed E-state index contributed by atoms with van der Waals surface area (Å²) in [5.41, 5.74) is 2.57. The molecule has 23 heavy (non-hydrogen) atoms. The predicted octanol–water partition coefficient (Wildman–Crippen LogP) is 3.18. The molecule has 0 aromatic rings. The number of methoxy groups -OCH3 is 1. The third-order valence-corrected chi connectivity index (χ3v) is 5.68. The van der Waals surface area contributed by atoms with Crippen LogP contribution in [0.1, 0.15) is 58.8 Å². The Labute approximate surface area is 140 Å². The molecule has 0 bridgehead atoms. The first-order chi connectivity index (χ1) is 11.0. The zero-order valence-corrected chi connectivity index (χ0v) is 15.1. The molecule has 130 valence electrons. The molecule has 0 aromatic carbocycles.